The minimum atomic E-state index is -0.833. The van der Waals surface area contributed by atoms with Crippen LogP contribution in [0.25, 0.3) is 0 Å². The molecule has 12 nitrogen and oxygen atoms in total. The lowest BCUT2D eigenvalue weighted by atomic mass is 9.72. The van der Waals surface area contributed by atoms with Crippen LogP contribution in [-0.2, 0) is 38.7 Å². The fourth-order valence-corrected chi connectivity index (χ4v) is 5.71. The van der Waals surface area contributed by atoms with E-state index in [-0.39, 0.29) is 29.8 Å². The number of aliphatic carboxylic acids is 2. The van der Waals surface area contributed by atoms with Crippen molar-refractivity contribution in [1.82, 2.24) is 30.4 Å². The summed E-state index contributed by atoms with van der Waals surface area (Å²) in [6, 6.07) is -0.170. The van der Waals surface area contributed by atoms with Crippen molar-refractivity contribution in [3.05, 3.63) is 23.3 Å². The molecule has 3 fully saturated rings. The summed E-state index contributed by atoms with van der Waals surface area (Å²) in [6.07, 6.45) is 6.35. The number of likely N-dealkylation sites (N-methyl/N-ethyl adjacent to an activating group) is 1. The number of carboxylic acid groups (broad SMARTS) is 2. The summed E-state index contributed by atoms with van der Waals surface area (Å²) >= 11 is 0. The van der Waals surface area contributed by atoms with Gasteiger partial charge >= 0.3 is 0 Å². The van der Waals surface area contributed by atoms with Crippen LogP contribution in [-0.4, -0.2) is 92.5 Å². The molecule has 4 aliphatic heterocycles. The van der Waals surface area contributed by atoms with Gasteiger partial charge in [-0.2, -0.15) is 0 Å². The van der Waals surface area contributed by atoms with E-state index in [2.05, 4.69) is 32.5 Å². The molecule has 204 valence electrons. The highest BCUT2D eigenvalue weighted by molar-refractivity contribution is 5.89. The lowest BCUT2D eigenvalue weighted by molar-refractivity contribution is -0.157. The minimum absolute atomic E-state index is 0.0570. The van der Waals surface area contributed by atoms with Gasteiger partial charge < -0.3 is 30.6 Å². The summed E-state index contributed by atoms with van der Waals surface area (Å²) in [7, 11) is 2.10. The Morgan fingerprint density at radius 1 is 1.14 bits per heavy atom. The van der Waals surface area contributed by atoms with Crippen LogP contribution in [0, 0.1) is 11.8 Å². The van der Waals surface area contributed by atoms with Gasteiger partial charge in [0.2, 0.25) is 11.8 Å². The number of hydrogen-bond acceptors (Lipinski definition) is 8. The van der Waals surface area contributed by atoms with E-state index in [0.717, 1.165) is 71.4 Å². The molecule has 0 radical (unpaired) electrons. The van der Waals surface area contributed by atoms with Crippen LogP contribution in [0.15, 0.2) is 6.20 Å². The van der Waals surface area contributed by atoms with Crippen molar-refractivity contribution in [2.24, 2.45) is 11.8 Å². The molecule has 0 saturated carbocycles. The molecule has 1 aromatic rings. The van der Waals surface area contributed by atoms with Crippen molar-refractivity contribution in [3.63, 3.8) is 0 Å². The minimum Gasteiger partial charge on any atom is -0.481 e. The number of carbonyl (C=O) groups is 4. The topological polar surface area (TPSA) is 165 Å². The first-order valence-electron chi connectivity index (χ1n) is 12.8. The van der Waals surface area contributed by atoms with Crippen molar-refractivity contribution in [2.45, 2.75) is 71.1 Å². The van der Waals surface area contributed by atoms with Crippen LogP contribution in [0.4, 0.5) is 0 Å². The van der Waals surface area contributed by atoms with Crippen molar-refractivity contribution >= 4 is 23.8 Å². The average Bonchev–Trinajstić information content (AvgIpc) is 2.83. The van der Waals surface area contributed by atoms with E-state index in [1.807, 2.05) is 11.1 Å². The van der Waals surface area contributed by atoms with Crippen LogP contribution in [0.1, 0.15) is 56.6 Å². The molecule has 5 rings (SSSR count). The summed E-state index contributed by atoms with van der Waals surface area (Å²) in [5.74, 6) is -0.263. The maximum atomic E-state index is 13.2. The molecule has 4 N–H and O–H groups in total. The van der Waals surface area contributed by atoms with E-state index in [0.29, 0.717) is 24.7 Å². The highest BCUT2D eigenvalue weighted by atomic mass is 16.4. The largest absolute Gasteiger partial charge is 0.481 e. The zero-order chi connectivity index (χ0) is 27.1. The van der Waals surface area contributed by atoms with Gasteiger partial charge in [0.1, 0.15) is 11.9 Å². The predicted molar refractivity (Wildman–Crippen MR) is 133 cm³/mol. The summed E-state index contributed by atoms with van der Waals surface area (Å²) in [5, 5.41) is 21.4. The van der Waals surface area contributed by atoms with E-state index < -0.39 is 11.9 Å². The Labute approximate surface area is 216 Å². The van der Waals surface area contributed by atoms with E-state index in [9.17, 15) is 9.59 Å². The van der Waals surface area contributed by atoms with Gasteiger partial charge in [0.15, 0.2) is 0 Å². The first-order valence-corrected chi connectivity index (χ1v) is 12.8. The SMILES string of the molecule is CC(=O)O.CC(=O)O.CN1CCc2nc(CNC(=O)[C@H]3[C@@H]4CNC[C@@H](C4)[C@@H]4CCCC(=O)N43)ncc2C1. The first kappa shape index (κ1) is 28.5. The molecule has 12 heteroatoms. The predicted octanol–water partition coefficient (Wildman–Crippen LogP) is 0.252. The Bertz CT molecular complexity index is 984. The standard InChI is InChI=1S/C21H30N6O2.2C2H4O2/c1-26-6-5-16-15(12-26)10-23-18(25-16)11-24-21(29)20-14-7-13(8-22-9-14)17-3-2-4-19(28)27(17)20;2*1-2(3)4/h10,13-14,17,20,22H,2-9,11-12H2,1H3,(H,24,29);2*1H3,(H,3,4)/t13-,14+,17+,20-;;/m1../s1. The molecule has 4 atom stereocenters. The molecule has 3 saturated heterocycles. The third-order valence-electron chi connectivity index (χ3n) is 7.11. The van der Waals surface area contributed by atoms with Gasteiger partial charge in [0, 0.05) is 75.7 Å². The fourth-order valence-electron chi connectivity index (χ4n) is 5.71. The number of carboxylic acids is 2. The molecular weight excluding hydrogens is 480 g/mol. The Balaban J connectivity index is 0.000000420. The van der Waals surface area contributed by atoms with E-state index in [1.165, 1.54) is 5.56 Å². The van der Waals surface area contributed by atoms with Crippen molar-refractivity contribution in [3.8, 4) is 0 Å². The zero-order valence-electron chi connectivity index (χ0n) is 21.8. The Morgan fingerprint density at radius 3 is 2.51 bits per heavy atom. The maximum Gasteiger partial charge on any atom is 0.300 e. The second kappa shape index (κ2) is 12.9. The van der Waals surface area contributed by atoms with Gasteiger partial charge in [-0.15, -0.1) is 0 Å². The highest BCUT2D eigenvalue weighted by Gasteiger charge is 2.50. The van der Waals surface area contributed by atoms with Crippen LogP contribution in [0.5, 0.6) is 0 Å². The van der Waals surface area contributed by atoms with E-state index in [4.69, 9.17) is 19.8 Å². The third kappa shape index (κ3) is 7.68. The van der Waals surface area contributed by atoms with E-state index in [1.54, 1.807) is 0 Å². The van der Waals surface area contributed by atoms with Crippen LogP contribution < -0.4 is 10.6 Å². The molecule has 37 heavy (non-hydrogen) atoms. The summed E-state index contributed by atoms with van der Waals surface area (Å²) in [4.78, 5) is 57.3. The van der Waals surface area contributed by atoms with Crippen molar-refractivity contribution < 1.29 is 29.4 Å². The number of amides is 2. The number of nitrogens with zero attached hydrogens (tertiary/aromatic N) is 4. The summed E-state index contributed by atoms with van der Waals surface area (Å²) in [6.45, 7) is 6.10. The average molecular weight is 519 g/mol. The molecule has 0 aliphatic carbocycles. The number of nitrogens with one attached hydrogen (secondary N) is 2. The molecular formula is C25H38N6O6. The molecule has 4 aliphatic rings. The zero-order valence-corrected chi connectivity index (χ0v) is 21.8. The number of carbonyl (C=O) groups excluding carboxylic acids is 2. The molecule has 5 heterocycles. The molecule has 0 unspecified atom stereocenters. The van der Waals surface area contributed by atoms with Crippen LogP contribution in [0.2, 0.25) is 0 Å². The van der Waals surface area contributed by atoms with Gasteiger partial charge in [-0.3, -0.25) is 19.2 Å². The Morgan fingerprint density at radius 2 is 1.81 bits per heavy atom. The molecule has 1 aromatic heterocycles. The summed E-state index contributed by atoms with van der Waals surface area (Å²) < 4.78 is 0. The third-order valence-corrected chi connectivity index (χ3v) is 7.11. The molecule has 2 amide bonds. The molecule has 0 aromatic carbocycles. The quantitative estimate of drug-likeness (QED) is 0.436. The van der Waals surface area contributed by atoms with Crippen molar-refractivity contribution in [1.29, 1.82) is 0 Å². The second-order valence-corrected chi connectivity index (χ2v) is 10.1. The van der Waals surface area contributed by atoms with E-state index >= 15 is 0 Å². The maximum absolute atomic E-state index is 13.2. The Kier molecular flexibility index (Phi) is 9.93. The monoisotopic (exact) mass is 518 g/mol. The lowest BCUT2D eigenvalue weighted by Gasteiger charge is -2.53. The van der Waals surface area contributed by atoms with Gasteiger partial charge in [0.05, 0.1) is 6.54 Å². The number of rotatable bonds is 3. The number of hydrogen-bond donors (Lipinski definition) is 4. The number of aromatic nitrogens is 2. The van der Waals surface area contributed by atoms with Crippen molar-refractivity contribution in [2.75, 3.05) is 26.7 Å². The number of piperidine rings is 3. The fraction of sp³-hybridized carbons (Fsp3) is 0.680. The summed E-state index contributed by atoms with van der Waals surface area (Å²) in [5.41, 5.74) is 2.26. The molecule has 0 spiro atoms. The highest BCUT2D eigenvalue weighted by Crippen LogP contribution is 2.39. The van der Waals surface area contributed by atoms with Gasteiger partial charge in [-0.25, -0.2) is 9.97 Å². The smallest absolute Gasteiger partial charge is 0.300 e. The van der Waals surface area contributed by atoms with Crippen LogP contribution >= 0.6 is 0 Å². The van der Waals surface area contributed by atoms with Crippen LogP contribution in [0.3, 0.4) is 0 Å². The van der Waals surface area contributed by atoms with Gasteiger partial charge in [-0.1, -0.05) is 0 Å². The second-order valence-electron chi connectivity index (χ2n) is 10.1. The van der Waals surface area contributed by atoms with Gasteiger partial charge in [-0.05, 0) is 38.8 Å². The first-order chi connectivity index (χ1) is 17.6. The number of fused-ring (bicyclic) bond motifs is 5. The van der Waals surface area contributed by atoms with Gasteiger partial charge in [0.25, 0.3) is 11.9 Å². The Hall–Kier alpha value is -3.12. The lowest BCUT2D eigenvalue weighted by Crippen LogP contribution is -2.67. The molecule has 2 bridgehead atoms. The normalized spacial score (nSPS) is 26.2.